The normalized spacial score (nSPS) is 10.8. The Labute approximate surface area is 230 Å². The van der Waals surface area contributed by atoms with Crippen LogP contribution in [0.15, 0.2) is 84.3 Å². The Bertz CT molecular complexity index is 1430. The number of nitrogens with one attached hydrogen (secondary N) is 1. The third-order valence-corrected chi connectivity index (χ3v) is 6.66. The van der Waals surface area contributed by atoms with Gasteiger partial charge >= 0.3 is 5.97 Å². The molecule has 1 aromatic heterocycles. The quantitative estimate of drug-likeness (QED) is 0.164. The molecule has 4 aromatic rings. The van der Waals surface area contributed by atoms with Crippen LogP contribution in [0.5, 0.6) is 11.5 Å². The first-order valence-electron chi connectivity index (χ1n) is 11.9. The number of hydrogen-bond acceptors (Lipinski definition) is 6. The highest BCUT2D eigenvalue weighted by atomic mass is 35.5. The van der Waals surface area contributed by atoms with E-state index in [1.54, 1.807) is 32.2 Å². The Kier molecular flexibility index (Phi) is 9.19. The van der Waals surface area contributed by atoms with Crippen molar-refractivity contribution in [1.29, 1.82) is 0 Å². The molecule has 194 valence electrons. The van der Waals surface area contributed by atoms with Crippen molar-refractivity contribution in [2.24, 2.45) is 0 Å². The number of thiophene rings is 1. The number of ether oxygens (including phenoxy) is 3. The monoisotopic (exact) mass is 547 g/mol. The maximum atomic E-state index is 12.8. The molecular formula is C30H26ClNO5S. The number of carbonyl (C=O) groups excluding carboxylic acids is 2. The van der Waals surface area contributed by atoms with E-state index in [2.05, 4.69) is 5.32 Å². The van der Waals surface area contributed by atoms with Crippen molar-refractivity contribution < 1.29 is 23.8 Å². The fraction of sp³-hybridized carbons (Fsp3) is 0.133. The molecule has 4 rings (SSSR count). The Morgan fingerprint density at radius 1 is 1.00 bits per heavy atom. The number of anilines is 1. The lowest BCUT2D eigenvalue weighted by Gasteiger charge is -2.11. The van der Waals surface area contributed by atoms with Gasteiger partial charge in [0.25, 0.3) is 0 Å². The second-order valence-corrected chi connectivity index (χ2v) is 9.40. The number of amides is 1. The zero-order chi connectivity index (χ0) is 26.9. The van der Waals surface area contributed by atoms with E-state index in [9.17, 15) is 9.59 Å². The molecule has 1 heterocycles. The van der Waals surface area contributed by atoms with E-state index in [-0.39, 0.29) is 12.5 Å². The molecule has 0 saturated carbocycles. The van der Waals surface area contributed by atoms with Crippen molar-refractivity contribution in [2.45, 2.75) is 13.5 Å². The van der Waals surface area contributed by atoms with Crippen LogP contribution in [0.4, 0.5) is 5.00 Å². The van der Waals surface area contributed by atoms with Gasteiger partial charge in [0.05, 0.1) is 13.7 Å². The smallest absolute Gasteiger partial charge is 0.341 e. The molecule has 0 fully saturated rings. The van der Waals surface area contributed by atoms with Crippen molar-refractivity contribution >= 4 is 45.9 Å². The van der Waals surface area contributed by atoms with Gasteiger partial charge in [0.2, 0.25) is 5.91 Å². The van der Waals surface area contributed by atoms with Gasteiger partial charge in [-0.15, -0.1) is 11.3 Å². The molecule has 0 spiro atoms. The summed E-state index contributed by atoms with van der Waals surface area (Å²) in [7, 11) is 1.56. The van der Waals surface area contributed by atoms with E-state index in [4.69, 9.17) is 25.8 Å². The average Bonchev–Trinajstić information content (AvgIpc) is 3.36. The van der Waals surface area contributed by atoms with Gasteiger partial charge in [-0.1, -0.05) is 60.1 Å². The highest BCUT2D eigenvalue weighted by Gasteiger charge is 2.22. The van der Waals surface area contributed by atoms with Gasteiger partial charge < -0.3 is 19.5 Å². The summed E-state index contributed by atoms with van der Waals surface area (Å²) in [5, 5.41) is 5.76. The van der Waals surface area contributed by atoms with Crippen LogP contribution in [-0.4, -0.2) is 25.6 Å². The lowest BCUT2D eigenvalue weighted by molar-refractivity contribution is -0.111. The van der Waals surface area contributed by atoms with E-state index in [0.29, 0.717) is 39.3 Å². The standard InChI is InChI=1S/C30H26ClNO5S/c1-3-36-30(34)28-24(22-7-5-4-6-8-22)19-38-29(28)32-27(33)16-12-20-11-15-25(26(17-20)35-2)37-18-21-9-13-23(31)14-10-21/h4-17,19H,3,18H2,1-2H3,(H,32,33). The Morgan fingerprint density at radius 3 is 2.47 bits per heavy atom. The molecule has 0 aliphatic rings. The highest BCUT2D eigenvalue weighted by molar-refractivity contribution is 7.15. The summed E-state index contributed by atoms with van der Waals surface area (Å²) in [5.74, 6) is 0.261. The van der Waals surface area contributed by atoms with E-state index in [0.717, 1.165) is 16.7 Å². The van der Waals surface area contributed by atoms with Crippen molar-refractivity contribution in [3.63, 3.8) is 0 Å². The summed E-state index contributed by atoms with van der Waals surface area (Å²) in [5.41, 5.74) is 3.65. The molecule has 38 heavy (non-hydrogen) atoms. The van der Waals surface area contributed by atoms with Crippen LogP contribution in [0, 0.1) is 0 Å². The first-order valence-corrected chi connectivity index (χ1v) is 13.1. The maximum absolute atomic E-state index is 12.8. The Hall–Kier alpha value is -4.07. The third-order valence-electron chi connectivity index (χ3n) is 5.51. The second kappa shape index (κ2) is 12.9. The third kappa shape index (κ3) is 6.82. The van der Waals surface area contributed by atoms with E-state index < -0.39 is 5.97 Å². The molecule has 0 unspecified atom stereocenters. The van der Waals surface area contributed by atoms with Crippen molar-refractivity contribution in [2.75, 3.05) is 19.0 Å². The molecule has 0 atom stereocenters. The van der Waals surface area contributed by atoms with Crippen molar-refractivity contribution in [3.8, 4) is 22.6 Å². The molecule has 0 saturated heterocycles. The van der Waals surface area contributed by atoms with E-state index in [1.807, 2.05) is 66.0 Å². The molecule has 0 aliphatic carbocycles. The van der Waals surface area contributed by atoms with Crippen LogP contribution < -0.4 is 14.8 Å². The SMILES string of the molecule is CCOC(=O)c1c(-c2ccccc2)csc1NC(=O)C=Cc1ccc(OCc2ccc(Cl)cc2)c(OC)c1. The molecule has 8 heteroatoms. The first-order chi connectivity index (χ1) is 18.5. The van der Waals surface area contributed by atoms with Gasteiger partial charge in [-0.2, -0.15) is 0 Å². The van der Waals surface area contributed by atoms with Crippen LogP contribution in [0.1, 0.15) is 28.4 Å². The van der Waals surface area contributed by atoms with Crippen LogP contribution in [0.2, 0.25) is 5.02 Å². The minimum Gasteiger partial charge on any atom is -0.493 e. The van der Waals surface area contributed by atoms with Crippen molar-refractivity contribution in [1.82, 2.24) is 0 Å². The molecule has 1 amide bonds. The molecule has 1 N–H and O–H groups in total. The molecule has 0 radical (unpaired) electrons. The number of methoxy groups -OCH3 is 1. The summed E-state index contributed by atoms with van der Waals surface area (Å²) >= 11 is 7.21. The van der Waals surface area contributed by atoms with Gasteiger partial charge in [0, 0.05) is 22.0 Å². The number of benzene rings is 3. The van der Waals surface area contributed by atoms with Gasteiger partial charge in [-0.3, -0.25) is 4.79 Å². The summed E-state index contributed by atoms with van der Waals surface area (Å²) in [6.07, 6.45) is 3.07. The lowest BCUT2D eigenvalue weighted by Crippen LogP contribution is -2.12. The fourth-order valence-electron chi connectivity index (χ4n) is 3.66. The van der Waals surface area contributed by atoms with Crippen LogP contribution in [-0.2, 0) is 16.1 Å². The van der Waals surface area contributed by atoms with Gasteiger partial charge in [0.1, 0.15) is 17.2 Å². The van der Waals surface area contributed by atoms with Crippen LogP contribution >= 0.6 is 22.9 Å². The molecular weight excluding hydrogens is 522 g/mol. The van der Waals surface area contributed by atoms with Crippen LogP contribution in [0.25, 0.3) is 17.2 Å². The predicted octanol–water partition coefficient (Wildman–Crippen LogP) is 7.48. The lowest BCUT2D eigenvalue weighted by atomic mass is 10.0. The zero-order valence-corrected chi connectivity index (χ0v) is 22.5. The molecule has 6 nitrogen and oxygen atoms in total. The zero-order valence-electron chi connectivity index (χ0n) is 20.9. The Morgan fingerprint density at radius 2 is 1.76 bits per heavy atom. The molecule has 0 aliphatic heterocycles. The van der Waals surface area contributed by atoms with Gasteiger partial charge in [0.15, 0.2) is 11.5 Å². The minimum absolute atomic E-state index is 0.234. The summed E-state index contributed by atoms with van der Waals surface area (Å²) in [6, 6.07) is 22.3. The van der Waals surface area contributed by atoms with E-state index >= 15 is 0 Å². The summed E-state index contributed by atoms with van der Waals surface area (Å²) in [4.78, 5) is 25.5. The number of carbonyl (C=O) groups is 2. The topological polar surface area (TPSA) is 73.9 Å². The second-order valence-electron chi connectivity index (χ2n) is 8.09. The average molecular weight is 548 g/mol. The fourth-order valence-corrected chi connectivity index (χ4v) is 4.75. The maximum Gasteiger partial charge on any atom is 0.341 e. The number of halogens is 1. The van der Waals surface area contributed by atoms with Crippen LogP contribution in [0.3, 0.4) is 0 Å². The minimum atomic E-state index is -0.481. The van der Waals surface area contributed by atoms with Crippen molar-refractivity contribution in [3.05, 3.63) is 106 Å². The Balaban J connectivity index is 1.46. The predicted molar refractivity (Wildman–Crippen MR) is 152 cm³/mol. The first kappa shape index (κ1) is 27.0. The highest BCUT2D eigenvalue weighted by Crippen LogP contribution is 2.36. The largest absolute Gasteiger partial charge is 0.493 e. The summed E-state index contributed by atoms with van der Waals surface area (Å²) < 4.78 is 16.6. The molecule has 0 bridgehead atoms. The van der Waals surface area contributed by atoms with Gasteiger partial charge in [-0.05, 0) is 54.0 Å². The molecule has 3 aromatic carbocycles. The number of hydrogen-bond donors (Lipinski definition) is 1. The van der Waals surface area contributed by atoms with Gasteiger partial charge in [-0.25, -0.2) is 4.79 Å². The van der Waals surface area contributed by atoms with E-state index in [1.165, 1.54) is 17.4 Å². The number of rotatable bonds is 10. The summed E-state index contributed by atoms with van der Waals surface area (Å²) in [6.45, 7) is 2.34. The number of esters is 1.